The summed E-state index contributed by atoms with van der Waals surface area (Å²) >= 11 is 0. The van der Waals surface area contributed by atoms with Gasteiger partial charge in [0.1, 0.15) is 0 Å². The second kappa shape index (κ2) is 5.57. The molecular formula is C14H26N2O2. The molecule has 2 rings (SSSR count). The quantitative estimate of drug-likeness (QED) is 0.799. The number of likely N-dealkylation sites (tertiary alicyclic amines) is 1. The van der Waals surface area contributed by atoms with E-state index in [1.807, 2.05) is 11.9 Å². The van der Waals surface area contributed by atoms with E-state index in [-0.39, 0.29) is 17.9 Å². The van der Waals surface area contributed by atoms with Crippen LogP contribution in [0.3, 0.4) is 0 Å². The fourth-order valence-electron chi connectivity index (χ4n) is 2.78. The Labute approximate surface area is 110 Å². The molecule has 1 aliphatic carbocycles. The Kier molecular flexibility index (Phi) is 4.28. The first kappa shape index (κ1) is 13.8. The predicted octanol–water partition coefficient (Wildman–Crippen LogP) is 1.09. The molecule has 104 valence electrons. The molecule has 0 aromatic heterocycles. The molecule has 4 heteroatoms. The number of piperidine rings is 1. The van der Waals surface area contributed by atoms with Gasteiger partial charge in [0.25, 0.3) is 0 Å². The van der Waals surface area contributed by atoms with Crippen molar-refractivity contribution in [3.63, 3.8) is 0 Å². The number of rotatable bonds is 5. The van der Waals surface area contributed by atoms with Crippen molar-refractivity contribution in [2.45, 2.75) is 45.1 Å². The maximum atomic E-state index is 12.0. The van der Waals surface area contributed by atoms with E-state index >= 15 is 0 Å². The lowest BCUT2D eigenvalue weighted by molar-refractivity contribution is -0.132. The molecule has 18 heavy (non-hydrogen) atoms. The molecule has 1 aliphatic heterocycles. The predicted molar refractivity (Wildman–Crippen MR) is 71.3 cm³/mol. The average molecular weight is 254 g/mol. The van der Waals surface area contributed by atoms with E-state index in [9.17, 15) is 9.90 Å². The van der Waals surface area contributed by atoms with Gasteiger partial charge in [0.2, 0.25) is 5.91 Å². The second-order valence-electron chi connectivity index (χ2n) is 6.02. The monoisotopic (exact) mass is 254 g/mol. The smallest absolute Gasteiger partial charge is 0.236 e. The summed E-state index contributed by atoms with van der Waals surface area (Å²) < 4.78 is 0. The van der Waals surface area contributed by atoms with Crippen LogP contribution in [0, 0.1) is 5.41 Å². The number of hydrogen-bond donors (Lipinski definition) is 1. The Morgan fingerprint density at radius 1 is 1.39 bits per heavy atom. The Morgan fingerprint density at radius 2 is 2.00 bits per heavy atom. The van der Waals surface area contributed by atoms with Crippen molar-refractivity contribution in [1.82, 2.24) is 9.80 Å². The standard InChI is InChI=1S/C14H26N2O2/c1-3-14(11-17)6-8-16(9-7-14)10-13(18)15(2)12-4-5-12/h12,17H,3-11H2,1-2H3. The normalized spacial score (nSPS) is 23.9. The molecular weight excluding hydrogens is 228 g/mol. The van der Waals surface area contributed by atoms with Gasteiger partial charge in [-0.1, -0.05) is 6.92 Å². The molecule has 0 aromatic carbocycles. The largest absolute Gasteiger partial charge is 0.396 e. The summed E-state index contributed by atoms with van der Waals surface area (Å²) in [6.45, 7) is 4.88. The van der Waals surface area contributed by atoms with Gasteiger partial charge in [-0.2, -0.15) is 0 Å². The molecule has 2 fully saturated rings. The van der Waals surface area contributed by atoms with Gasteiger partial charge in [-0.3, -0.25) is 9.69 Å². The lowest BCUT2D eigenvalue weighted by atomic mass is 9.77. The zero-order valence-electron chi connectivity index (χ0n) is 11.7. The van der Waals surface area contributed by atoms with Crippen LogP contribution < -0.4 is 0 Å². The molecule has 1 saturated heterocycles. The van der Waals surface area contributed by atoms with Crippen molar-refractivity contribution >= 4 is 5.91 Å². The average Bonchev–Trinajstić information content (AvgIpc) is 3.23. The number of nitrogens with zero attached hydrogens (tertiary/aromatic N) is 2. The van der Waals surface area contributed by atoms with E-state index in [0.717, 1.165) is 32.4 Å². The van der Waals surface area contributed by atoms with Gasteiger partial charge in [-0.25, -0.2) is 0 Å². The van der Waals surface area contributed by atoms with Crippen LogP contribution in [0.4, 0.5) is 0 Å². The first-order chi connectivity index (χ1) is 8.60. The highest BCUT2D eigenvalue weighted by molar-refractivity contribution is 5.78. The molecule has 0 spiro atoms. The van der Waals surface area contributed by atoms with Crippen LogP contribution in [-0.2, 0) is 4.79 Å². The molecule has 0 atom stereocenters. The van der Waals surface area contributed by atoms with Crippen molar-refractivity contribution in [3.8, 4) is 0 Å². The van der Waals surface area contributed by atoms with Crippen LogP contribution in [-0.4, -0.2) is 60.1 Å². The molecule has 0 radical (unpaired) electrons. The third kappa shape index (κ3) is 3.04. The topological polar surface area (TPSA) is 43.8 Å². The van der Waals surface area contributed by atoms with Crippen LogP contribution in [0.25, 0.3) is 0 Å². The molecule has 0 aromatic rings. The minimum atomic E-state index is 0.113. The van der Waals surface area contributed by atoms with Crippen molar-refractivity contribution in [3.05, 3.63) is 0 Å². The number of amides is 1. The molecule has 4 nitrogen and oxygen atoms in total. The maximum absolute atomic E-state index is 12.0. The first-order valence-electron chi connectivity index (χ1n) is 7.19. The molecule has 1 N–H and O–H groups in total. The number of carbonyl (C=O) groups is 1. The van der Waals surface area contributed by atoms with Crippen molar-refractivity contribution in [2.24, 2.45) is 5.41 Å². The van der Waals surface area contributed by atoms with Crippen LogP contribution in [0.1, 0.15) is 39.0 Å². The van der Waals surface area contributed by atoms with Gasteiger partial charge in [0, 0.05) is 19.7 Å². The van der Waals surface area contributed by atoms with Gasteiger partial charge in [-0.05, 0) is 50.6 Å². The minimum absolute atomic E-state index is 0.113. The fraction of sp³-hybridized carbons (Fsp3) is 0.929. The highest BCUT2D eigenvalue weighted by Gasteiger charge is 2.34. The fourth-order valence-corrected chi connectivity index (χ4v) is 2.78. The van der Waals surface area contributed by atoms with Gasteiger partial charge < -0.3 is 10.0 Å². The summed E-state index contributed by atoms with van der Waals surface area (Å²) in [5.41, 5.74) is 0.113. The number of hydrogen-bond acceptors (Lipinski definition) is 3. The van der Waals surface area contributed by atoms with E-state index < -0.39 is 0 Å². The van der Waals surface area contributed by atoms with Crippen LogP contribution >= 0.6 is 0 Å². The van der Waals surface area contributed by atoms with Crippen molar-refractivity contribution < 1.29 is 9.90 Å². The van der Waals surface area contributed by atoms with E-state index in [4.69, 9.17) is 0 Å². The maximum Gasteiger partial charge on any atom is 0.236 e. The summed E-state index contributed by atoms with van der Waals surface area (Å²) in [6, 6.07) is 0.509. The molecule has 1 heterocycles. The zero-order valence-corrected chi connectivity index (χ0v) is 11.7. The molecule has 0 bridgehead atoms. The number of aliphatic hydroxyl groups is 1. The van der Waals surface area contributed by atoms with Gasteiger partial charge in [0.05, 0.1) is 6.54 Å². The molecule has 0 unspecified atom stereocenters. The SMILES string of the molecule is CCC1(CO)CCN(CC(=O)N(C)C2CC2)CC1. The van der Waals surface area contributed by atoms with E-state index in [1.165, 1.54) is 12.8 Å². The summed E-state index contributed by atoms with van der Waals surface area (Å²) in [4.78, 5) is 16.2. The van der Waals surface area contributed by atoms with Crippen LogP contribution in [0.2, 0.25) is 0 Å². The van der Waals surface area contributed by atoms with E-state index in [1.54, 1.807) is 0 Å². The van der Waals surface area contributed by atoms with E-state index in [0.29, 0.717) is 12.6 Å². The summed E-state index contributed by atoms with van der Waals surface area (Å²) in [5.74, 6) is 0.255. The summed E-state index contributed by atoms with van der Waals surface area (Å²) in [7, 11) is 1.92. The zero-order chi connectivity index (χ0) is 13.2. The van der Waals surface area contributed by atoms with Crippen LogP contribution in [0.15, 0.2) is 0 Å². The minimum Gasteiger partial charge on any atom is -0.396 e. The Bertz CT molecular complexity index is 288. The lowest BCUT2D eigenvalue weighted by Gasteiger charge is -2.40. The Morgan fingerprint density at radius 3 is 2.44 bits per heavy atom. The summed E-state index contributed by atoms with van der Waals surface area (Å²) in [5, 5.41) is 9.49. The number of aliphatic hydroxyl groups excluding tert-OH is 1. The third-order valence-corrected chi connectivity index (χ3v) is 4.85. The first-order valence-corrected chi connectivity index (χ1v) is 7.19. The van der Waals surface area contributed by atoms with Gasteiger partial charge >= 0.3 is 0 Å². The number of likely N-dealkylation sites (N-methyl/N-ethyl adjacent to an activating group) is 1. The summed E-state index contributed by atoms with van der Waals surface area (Å²) in [6.07, 6.45) is 5.41. The van der Waals surface area contributed by atoms with Crippen LogP contribution in [0.5, 0.6) is 0 Å². The lowest BCUT2D eigenvalue weighted by Crippen LogP contribution is -2.46. The second-order valence-corrected chi connectivity index (χ2v) is 6.02. The van der Waals surface area contributed by atoms with E-state index in [2.05, 4.69) is 11.8 Å². The van der Waals surface area contributed by atoms with Crippen molar-refractivity contribution in [2.75, 3.05) is 33.3 Å². The van der Waals surface area contributed by atoms with Gasteiger partial charge in [0.15, 0.2) is 0 Å². The highest BCUT2D eigenvalue weighted by atomic mass is 16.3. The van der Waals surface area contributed by atoms with Gasteiger partial charge in [-0.15, -0.1) is 0 Å². The third-order valence-electron chi connectivity index (χ3n) is 4.85. The Hall–Kier alpha value is -0.610. The molecule has 1 saturated carbocycles. The van der Waals surface area contributed by atoms with Crippen molar-refractivity contribution in [1.29, 1.82) is 0 Å². The molecule has 2 aliphatic rings. The highest BCUT2D eigenvalue weighted by Crippen LogP contribution is 2.34. The Balaban J connectivity index is 1.77. The molecule has 1 amide bonds. The number of carbonyl (C=O) groups excluding carboxylic acids is 1.